The summed E-state index contributed by atoms with van der Waals surface area (Å²) in [7, 11) is 1.44. The minimum absolute atomic E-state index is 0.186. The van der Waals surface area contributed by atoms with Gasteiger partial charge >= 0.3 is 5.97 Å². The summed E-state index contributed by atoms with van der Waals surface area (Å²) in [6.45, 7) is 1.85. The molecule has 0 aliphatic heterocycles. The Morgan fingerprint density at radius 2 is 2.16 bits per heavy atom. The molecule has 0 bridgehead atoms. The van der Waals surface area contributed by atoms with Gasteiger partial charge in [-0.25, -0.2) is 0 Å². The number of methoxy groups -OCH3 is 1. The van der Waals surface area contributed by atoms with Crippen LogP contribution < -0.4 is 0 Å². The number of esters is 1. The highest BCUT2D eigenvalue weighted by Gasteiger charge is 2.35. The second-order valence-electron chi connectivity index (χ2n) is 4.93. The Hall–Kier alpha value is -1.50. The van der Waals surface area contributed by atoms with Gasteiger partial charge in [0.1, 0.15) is 10.9 Å². The molecule has 2 heterocycles. The third-order valence-electron chi connectivity index (χ3n) is 3.75. The Kier molecular flexibility index (Phi) is 3.22. The van der Waals surface area contributed by atoms with Gasteiger partial charge in [-0.1, -0.05) is 24.2 Å². The zero-order valence-corrected chi connectivity index (χ0v) is 11.8. The molecule has 0 aromatic carbocycles. The van der Waals surface area contributed by atoms with Crippen LogP contribution in [0.15, 0.2) is 0 Å². The molecule has 2 aromatic heterocycles. The van der Waals surface area contributed by atoms with E-state index in [0.29, 0.717) is 5.92 Å². The van der Waals surface area contributed by atoms with Crippen LogP contribution in [0.1, 0.15) is 42.4 Å². The number of nitrogens with zero attached hydrogens (tertiary/aromatic N) is 4. The zero-order valence-electron chi connectivity index (χ0n) is 11.0. The molecule has 1 aliphatic carbocycles. The van der Waals surface area contributed by atoms with E-state index in [1.807, 2.05) is 6.92 Å². The van der Waals surface area contributed by atoms with E-state index >= 15 is 0 Å². The Balaban J connectivity index is 1.99. The molecule has 19 heavy (non-hydrogen) atoms. The smallest absolute Gasteiger partial charge is 0.315 e. The first-order chi connectivity index (χ1) is 9.20. The highest BCUT2D eigenvalue weighted by molar-refractivity contribution is 7.16. The van der Waals surface area contributed by atoms with Crippen LogP contribution in [0.2, 0.25) is 0 Å². The molecule has 0 radical (unpaired) electrons. The fourth-order valence-corrected chi connectivity index (χ4v) is 3.83. The lowest BCUT2D eigenvalue weighted by molar-refractivity contribution is -0.143. The predicted octanol–water partition coefficient (Wildman–Crippen LogP) is 1.94. The topological polar surface area (TPSA) is 69.4 Å². The third-order valence-corrected chi connectivity index (χ3v) is 4.74. The number of ether oxygens (including phenoxy) is 1. The average Bonchev–Trinajstić information content (AvgIpc) is 3.10. The van der Waals surface area contributed by atoms with Crippen molar-refractivity contribution in [1.29, 1.82) is 0 Å². The van der Waals surface area contributed by atoms with Gasteiger partial charge in [0.25, 0.3) is 0 Å². The number of aryl methyl sites for hydroxylation is 1. The van der Waals surface area contributed by atoms with Crippen LogP contribution in [0.3, 0.4) is 0 Å². The molecular formula is C12H16N4O2S. The standard InChI is InChI=1S/C12H16N4O2S/c1-7-13-14-12-16(7)15-10(19-12)9(11(17)18-2)8-5-3-4-6-8/h8-9H,3-6H2,1-2H3. The van der Waals surface area contributed by atoms with Gasteiger partial charge < -0.3 is 4.74 Å². The van der Waals surface area contributed by atoms with Crippen molar-refractivity contribution >= 4 is 22.3 Å². The summed E-state index contributed by atoms with van der Waals surface area (Å²) >= 11 is 1.43. The molecule has 3 rings (SSSR count). The van der Waals surface area contributed by atoms with Crippen LogP contribution in [-0.4, -0.2) is 32.9 Å². The van der Waals surface area contributed by atoms with E-state index in [1.54, 1.807) is 4.52 Å². The van der Waals surface area contributed by atoms with Crippen LogP contribution in [0.4, 0.5) is 0 Å². The summed E-state index contributed by atoms with van der Waals surface area (Å²) in [5, 5.41) is 13.3. The summed E-state index contributed by atoms with van der Waals surface area (Å²) in [6.07, 6.45) is 4.50. The third kappa shape index (κ3) is 2.11. The van der Waals surface area contributed by atoms with Gasteiger partial charge in [0.2, 0.25) is 4.96 Å². The highest BCUT2D eigenvalue weighted by Crippen LogP contribution is 2.39. The minimum atomic E-state index is -0.251. The minimum Gasteiger partial charge on any atom is -0.468 e. The molecule has 102 valence electrons. The Labute approximate surface area is 114 Å². The molecule has 1 atom stereocenters. The number of carbonyl (C=O) groups is 1. The van der Waals surface area contributed by atoms with E-state index in [-0.39, 0.29) is 11.9 Å². The molecular weight excluding hydrogens is 264 g/mol. The van der Waals surface area contributed by atoms with Gasteiger partial charge in [-0.2, -0.15) is 9.61 Å². The molecule has 7 heteroatoms. The molecule has 1 saturated carbocycles. The van der Waals surface area contributed by atoms with Crippen molar-refractivity contribution in [3.8, 4) is 0 Å². The lowest BCUT2D eigenvalue weighted by Crippen LogP contribution is -2.21. The van der Waals surface area contributed by atoms with Gasteiger partial charge in [0, 0.05) is 0 Å². The van der Waals surface area contributed by atoms with Crippen molar-refractivity contribution in [1.82, 2.24) is 19.8 Å². The molecule has 0 spiro atoms. The maximum absolute atomic E-state index is 12.1. The lowest BCUT2D eigenvalue weighted by atomic mass is 9.91. The van der Waals surface area contributed by atoms with Gasteiger partial charge in [-0.15, -0.1) is 10.2 Å². The summed E-state index contributed by atoms with van der Waals surface area (Å²) in [4.78, 5) is 12.8. The van der Waals surface area contributed by atoms with Crippen molar-refractivity contribution < 1.29 is 9.53 Å². The second kappa shape index (κ2) is 4.88. The molecule has 1 aliphatic rings. The summed E-state index contributed by atoms with van der Waals surface area (Å²) < 4.78 is 6.66. The molecule has 0 amide bonds. The molecule has 0 saturated heterocycles. The van der Waals surface area contributed by atoms with Crippen LogP contribution in [-0.2, 0) is 9.53 Å². The van der Waals surface area contributed by atoms with E-state index < -0.39 is 0 Å². The van der Waals surface area contributed by atoms with E-state index in [9.17, 15) is 4.79 Å². The largest absolute Gasteiger partial charge is 0.468 e. The van der Waals surface area contributed by atoms with E-state index in [4.69, 9.17) is 4.74 Å². The number of carbonyl (C=O) groups excluding carboxylic acids is 1. The predicted molar refractivity (Wildman–Crippen MR) is 70.1 cm³/mol. The van der Waals surface area contributed by atoms with Crippen LogP contribution >= 0.6 is 11.3 Å². The first kappa shape index (κ1) is 12.5. The fourth-order valence-electron chi connectivity index (χ4n) is 2.77. The van der Waals surface area contributed by atoms with Crippen molar-refractivity contribution in [3.63, 3.8) is 0 Å². The van der Waals surface area contributed by atoms with Crippen LogP contribution in [0, 0.1) is 12.8 Å². The Morgan fingerprint density at radius 1 is 1.42 bits per heavy atom. The fraction of sp³-hybridized carbons (Fsp3) is 0.667. The Morgan fingerprint density at radius 3 is 2.79 bits per heavy atom. The number of fused-ring (bicyclic) bond motifs is 1. The quantitative estimate of drug-likeness (QED) is 0.804. The van der Waals surface area contributed by atoms with Crippen molar-refractivity contribution in [2.45, 2.75) is 38.5 Å². The van der Waals surface area contributed by atoms with Gasteiger partial charge in [-0.05, 0) is 25.7 Å². The summed E-state index contributed by atoms with van der Waals surface area (Å²) in [5.74, 6) is 0.650. The molecule has 1 fully saturated rings. The number of hydrogen-bond acceptors (Lipinski definition) is 6. The van der Waals surface area contributed by atoms with Gasteiger partial charge in [0.15, 0.2) is 5.82 Å². The zero-order chi connectivity index (χ0) is 13.4. The lowest BCUT2D eigenvalue weighted by Gasteiger charge is -2.17. The molecule has 0 N–H and O–H groups in total. The normalized spacial score (nSPS) is 18.0. The number of aromatic nitrogens is 4. The summed E-state index contributed by atoms with van der Waals surface area (Å²) in [6, 6.07) is 0. The van der Waals surface area contributed by atoms with Gasteiger partial charge in [0.05, 0.1) is 7.11 Å². The molecule has 6 nitrogen and oxygen atoms in total. The monoisotopic (exact) mass is 280 g/mol. The van der Waals surface area contributed by atoms with Crippen molar-refractivity contribution in [3.05, 3.63) is 10.8 Å². The average molecular weight is 280 g/mol. The molecule has 1 unspecified atom stereocenters. The van der Waals surface area contributed by atoms with Crippen LogP contribution in [0.5, 0.6) is 0 Å². The number of rotatable bonds is 3. The Bertz CT molecular complexity index is 600. The summed E-state index contributed by atoms with van der Waals surface area (Å²) in [5.41, 5.74) is 0. The van der Waals surface area contributed by atoms with E-state index in [0.717, 1.165) is 28.6 Å². The SMILES string of the molecule is COC(=O)C(c1nn2c(C)nnc2s1)C1CCCC1. The molecule has 2 aromatic rings. The van der Waals surface area contributed by atoms with E-state index in [1.165, 1.54) is 31.3 Å². The van der Waals surface area contributed by atoms with Crippen molar-refractivity contribution in [2.24, 2.45) is 5.92 Å². The second-order valence-corrected chi connectivity index (χ2v) is 5.91. The number of hydrogen-bond donors (Lipinski definition) is 0. The first-order valence-electron chi connectivity index (χ1n) is 6.47. The highest BCUT2D eigenvalue weighted by atomic mass is 32.1. The maximum Gasteiger partial charge on any atom is 0.315 e. The first-order valence-corrected chi connectivity index (χ1v) is 7.29. The van der Waals surface area contributed by atoms with E-state index in [2.05, 4.69) is 15.3 Å². The maximum atomic E-state index is 12.1. The van der Waals surface area contributed by atoms with Crippen LogP contribution in [0.25, 0.3) is 4.96 Å². The van der Waals surface area contributed by atoms with Gasteiger partial charge in [-0.3, -0.25) is 4.79 Å². The van der Waals surface area contributed by atoms with Crippen molar-refractivity contribution in [2.75, 3.05) is 7.11 Å².